The molecule has 0 aliphatic carbocycles. The third kappa shape index (κ3) is 9.70. The van der Waals surface area contributed by atoms with Gasteiger partial charge in [0, 0.05) is 33.4 Å². The molecule has 2 aromatic heterocycles. The molecule has 12 aromatic rings. The highest BCUT2D eigenvalue weighted by molar-refractivity contribution is 5.82. The van der Waals surface area contributed by atoms with Crippen LogP contribution in [0.3, 0.4) is 0 Å². The van der Waals surface area contributed by atoms with E-state index in [1.165, 1.54) is 33.4 Å². The van der Waals surface area contributed by atoms with E-state index in [9.17, 15) is 0 Å². The summed E-state index contributed by atoms with van der Waals surface area (Å²) in [6.07, 6.45) is 0. The molecule has 74 heavy (non-hydrogen) atoms. The van der Waals surface area contributed by atoms with Gasteiger partial charge >= 0.3 is 0 Å². The topological polar surface area (TPSA) is 64.5 Å². The van der Waals surface area contributed by atoms with Gasteiger partial charge in [0.05, 0.1) is 11.4 Å². The molecule has 0 unspecified atom stereocenters. The predicted octanol–water partition coefficient (Wildman–Crippen LogP) is 17.6. The van der Waals surface area contributed by atoms with Crippen LogP contribution in [-0.2, 0) is 0 Å². The standard InChI is InChI=1S/C69H49N5/c1-46-36-37-47(2)63(38-46)59-32-14-28-55(41-59)51-24-12-26-53(39-51)57-30-16-34-61(43-57)68-70-64(48-18-6-3-7-19-48)45-65(71-68)60-33-15-29-56(42-60)52-25-13-27-54(40-52)58-31-17-35-62(44-58)69-73-66(49-20-8-4-9-21-49)72-67(74-69)50-22-10-5-11-23-50/h3-45H,1-2H3. The van der Waals surface area contributed by atoms with Crippen LogP contribution in [0.4, 0.5) is 0 Å². The van der Waals surface area contributed by atoms with Crippen LogP contribution in [0, 0.1) is 13.8 Å². The number of benzene rings is 10. The SMILES string of the molecule is Cc1ccc(C)c(-c2cccc(-c3cccc(-c4cccc(-c5nc(-c6ccccc6)cc(-c6cccc(-c7cccc(-c8cccc(-c9nc(-c%10ccccc%10)nc(-c%10ccccc%10)n9)c8)c7)c6)n5)c4)c3)c2)c1. The number of hydrogen-bond acceptors (Lipinski definition) is 5. The van der Waals surface area contributed by atoms with Crippen molar-refractivity contribution in [3.63, 3.8) is 0 Å². The fraction of sp³-hybridized carbons (Fsp3) is 0.0290. The van der Waals surface area contributed by atoms with Gasteiger partial charge in [-0.1, -0.05) is 224 Å². The normalized spacial score (nSPS) is 11.1. The van der Waals surface area contributed by atoms with Crippen molar-refractivity contribution in [1.29, 1.82) is 0 Å². The summed E-state index contributed by atoms with van der Waals surface area (Å²) in [7, 11) is 0. The first-order valence-corrected chi connectivity index (χ1v) is 25.0. The Hall–Kier alpha value is -9.71. The van der Waals surface area contributed by atoms with Gasteiger partial charge in [0.15, 0.2) is 23.3 Å². The Kier molecular flexibility index (Phi) is 12.4. The summed E-state index contributed by atoms with van der Waals surface area (Å²) in [6.45, 7) is 4.33. The summed E-state index contributed by atoms with van der Waals surface area (Å²) in [4.78, 5) is 25.4. The summed E-state index contributed by atoms with van der Waals surface area (Å²) in [5.74, 6) is 2.55. The second-order valence-electron chi connectivity index (χ2n) is 18.7. The minimum Gasteiger partial charge on any atom is -0.228 e. The van der Waals surface area contributed by atoms with Gasteiger partial charge < -0.3 is 0 Å². The molecular weight excluding hydrogens is 899 g/mol. The first-order valence-electron chi connectivity index (χ1n) is 25.0. The van der Waals surface area contributed by atoms with Crippen LogP contribution in [0.5, 0.6) is 0 Å². The highest BCUT2D eigenvalue weighted by Gasteiger charge is 2.16. The van der Waals surface area contributed by atoms with Gasteiger partial charge in [0.25, 0.3) is 0 Å². The van der Waals surface area contributed by atoms with Gasteiger partial charge in [-0.15, -0.1) is 0 Å². The van der Waals surface area contributed by atoms with Crippen LogP contribution in [0.1, 0.15) is 11.1 Å². The third-order valence-electron chi connectivity index (χ3n) is 13.5. The molecule has 2 heterocycles. The Morgan fingerprint density at radius 2 is 0.500 bits per heavy atom. The molecule has 0 N–H and O–H groups in total. The van der Waals surface area contributed by atoms with Crippen LogP contribution >= 0.6 is 0 Å². The molecule has 5 nitrogen and oxygen atoms in total. The summed E-state index contributed by atoms with van der Waals surface area (Å²) in [6, 6.07) is 91.3. The van der Waals surface area contributed by atoms with Crippen LogP contribution in [0.2, 0.25) is 0 Å². The van der Waals surface area contributed by atoms with Gasteiger partial charge in [-0.05, 0) is 118 Å². The molecule has 0 fully saturated rings. The van der Waals surface area contributed by atoms with Crippen LogP contribution < -0.4 is 0 Å². The largest absolute Gasteiger partial charge is 0.228 e. The molecule has 0 aliphatic heterocycles. The van der Waals surface area contributed by atoms with Crippen LogP contribution in [-0.4, -0.2) is 24.9 Å². The minimum absolute atomic E-state index is 0.620. The molecule has 350 valence electrons. The maximum atomic E-state index is 5.31. The molecular formula is C69H49N5. The van der Waals surface area contributed by atoms with E-state index in [2.05, 4.69) is 208 Å². The molecule has 0 saturated carbocycles. The molecule has 10 aromatic carbocycles. The van der Waals surface area contributed by atoms with Gasteiger partial charge in [0.2, 0.25) is 0 Å². The fourth-order valence-corrected chi connectivity index (χ4v) is 9.62. The van der Waals surface area contributed by atoms with Crippen molar-refractivity contribution in [2.24, 2.45) is 0 Å². The summed E-state index contributed by atoms with van der Waals surface area (Å²) in [5, 5.41) is 0. The van der Waals surface area contributed by atoms with Crippen LogP contribution in [0.25, 0.3) is 124 Å². The number of aromatic nitrogens is 5. The molecule has 0 aliphatic rings. The summed E-state index contributed by atoms with van der Waals surface area (Å²) in [5.41, 5.74) is 21.4. The van der Waals surface area contributed by atoms with Gasteiger partial charge in [-0.25, -0.2) is 24.9 Å². The van der Waals surface area contributed by atoms with Crippen LogP contribution in [0.15, 0.2) is 261 Å². The highest BCUT2D eigenvalue weighted by atomic mass is 15.0. The van der Waals surface area contributed by atoms with E-state index in [-0.39, 0.29) is 0 Å². The quantitative estimate of drug-likeness (QED) is 0.129. The van der Waals surface area contributed by atoms with E-state index >= 15 is 0 Å². The second-order valence-corrected chi connectivity index (χ2v) is 18.7. The Morgan fingerprint density at radius 3 is 0.946 bits per heavy atom. The molecule has 12 rings (SSSR count). The predicted molar refractivity (Wildman–Crippen MR) is 305 cm³/mol. The van der Waals surface area contributed by atoms with Crippen molar-refractivity contribution in [1.82, 2.24) is 24.9 Å². The minimum atomic E-state index is 0.620. The highest BCUT2D eigenvalue weighted by Crippen LogP contribution is 2.36. The average molecular weight is 948 g/mol. The van der Waals surface area contributed by atoms with Crippen molar-refractivity contribution in [2.45, 2.75) is 13.8 Å². The molecule has 0 saturated heterocycles. The average Bonchev–Trinajstić information content (AvgIpc) is 3.48. The van der Waals surface area contributed by atoms with E-state index in [4.69, 9.17) is 24.9 Å². The Labute approximate surface area is 432 Å². The van der Waals surface area contributed by atoms with E-state index in [1.54, 1.807) is 0 Å². The van der Waals surface area contributed by atoms with Crippen molar-refractivity contribution >= 4 is 0 Å². The molecule has 0 atom stereocenters. The summed E-state index contributed by atoms with van der Waals surface area (Å²) < 4.78 is 0. The lowest BCUT2D eigenvalue weighted by molar-refractivity contribution is 1.07. The maximum absolute atomic E-state index is 5.31. The number of rotatable bonds is 11. The van der Waals surface area contributed by atoms with E-state index < -0.39 is 0 Å². The Morgan fingerprint density at radius 1 is 0.203 bits per heavy atom. The summed E-state index contributed by atoms with van der Waals surface area (Å²) >= 11 is 0. The van der Waals surface area contributed by atoms with Crippen molar-refractivity contribution in [2.75, 3.05) is 0 Å². The number of nitrogens with zero attached hydrogens (tertiary/aromatic N) is 5. The molecule has 0 bridgehead atoms. The van der Waals surface area contributed by atoms with Crippen molar-refractivity contribution < 1.29 is 0 Å². The lowest BCUT2D eigenvalue weighted by Crippen LogP contribution is -2.00. The zero-order valence-electron chi connectivity index (χ0n) is 41.1. The monoisotopic (exact) mass is 947 g/mol. The Bertz CT molecular complexity index is 3920. The Balaban J connectivity index is 0.869. The number of aryl methyl sites for hydroxylation is 2. The van der Waals surface area contributed by atoms with E-state index in [0.717, 1.165) is 78.1 Å². The van der Waals surface area contributed by atoms with Gasteiger partial charge in [0.1, 0.15) is 0 Å². The van der Waals surface area contributed by atoms with E-state index in [0.29, 0.717) is 23.3 Å². The molecule has 0 radical (unpaired) electrons. The van der Waals surface area contributed by atoms with Crippen molar-refractivity contribution in [3.8, 4) is 124 Å². The van der Waals surface area contributed by atoms with Gasteiger partial charge in [-0.2, -0.15) is 0 Å². The molecule has 0 spiro atoms. The number of hydrogen-bond donors (Lipinski definition) is 0. The van der Waals surface area contributed by atoms with Crippen molar-refractivity contribution in [3.05, 3.63) is 272 Å². The third-order valence-corrected chi connectivity index (χ3v) is 13.5. The van der Waals surface area contributed by atoms with Gasteiger partial charge in [-0.3, -0.25) is 0 Å². The zero-order valence-corrected chi connectivity index (χ0v) is 41.1. The maximum Gasteiger partial charge on any atom is 0.164 e. The zero-order chi connectivity index (χ0) is 49.8. The molecule has 5 heteroatoms. The lowest BCUT2D eigenvalue weighted by atomic mass is 9.93. The molecule has 0 amide bonds. The van der Waals surface area contributed by atoms with E-state index in [1.807, 2.05) is 66.7 Å². The first kappa shape index (κ1) is 45.4. The fourth-order valence-electron chi connectivity index (χ4n) is 9.62. The second kappa shape index (κ2) is 20.2. The smallest absolute Gasteiger partial charge is 0.164 e. The first-order chi connectivity index (χ1) is 36.4. The lowest BCUT2D eigenvalue weighted by Gasteiger charge is -2.13.